The second-order valence-corrected chi connectivity index (χ2v) is 14.0. The Morgan fingerprint density at radius 2 is 2.06 bits per heavy atom. The van der Waals surface area contributed by atoms with Crippen LogP contribution in [0.15, 0.2) is 36.9 Å². The predicted molar refractivity (Wildman–Crippen MR) is 181 cm³/mol. The minimum absolute atomic E-state index is 0.00187. The van der Waals surface area contributed by atoms with Crippen molar-refractivity contribution in [1.29, 1.82) is 0 Å². The summed E-state index contributed by atoms with van der Waals surface area (Å²) in [5, 5.41) is -0.0267. The van der Waals surface area contributed by atoms with Gasteiger partial charge in [-0.25, -0.2) is 9.24 Å². The molecule has 50 heavy (non-hydrogen) atoms. The third-order valence-corrected chi connectivity index (χ3v) is 11.3. The molecule has 1 amide bonds. The molecular formula is C35H34F4N6O4S. The topological polar surface area (TPSA) is 107 Å². The molecule has 7 rings (SSSR count). The molecule has 3 aliphatic rings. The maximum atomic E-state index is 14.9. The molecule has 15 heteroatoms. The molecule has 0 unspecified atom stereocenters. The summed E-state index contributed by atoms with van der Waals surface area (Å²) in [6, 6.07) is 3.93. The summed E-state index contributed by atoms with van der Waals surface area (Å²) in [4.78, 5) is 28.9. The molecule has 0 radical (unpaired) electrons. The van der Waals surface area contributed by atoms with E-state index in [4.69, 9.17) is 26.5 Å². The lowest BCUT2D eigenvalue weighted by Gasteiger charge is -2.31. The minimum Gasteiger partial charge on any atom is -0.471 e. The SMILES string of the molecule is [C-]#[N+]c1c(N)sc2c(F)ccc(-c3cc4nc(OC[C@@]56CCCN5C[C@H](OC)C6)nc(O[C@@H]5CCN(C(=O)C=C)[C@@H]5C)c4cc3C(F)(F)F)c12. The van der Waals surface area contributed by atoms with Gasteiger partial charge in [0.2, 0.25) is 17.5 Å². The number of aromatic nitrogens is 2. The average molecular weight is 711 g/mol. The zero-order valence-electron chi connectivity index (χ0n) is 27.3. The normalized spacial score (nSPS) is 23.8. The molecule has 3 fully saturated rings. The van der Waals surface area contributed by atoms with Crippen LogP contribution < -0.4 is 15.2 Å². The Morgan fingerprint density at radius 1 is 1.26 bits per heavy atom. The highest BCUT2D eigenvalue weighted by Gasteiger charge is 2.49. The number of hydrogen-bond donors (Lipinski definition) is 1. The molecule has 10 nitrogen and oxygen atoms in total. The molecule has 2 aromatic heterocycles. The number of methoxy groups -OCH3 is 1. The Morgan fingerprint density at radius 3 is 2.78 bits per heavy atom. The molecule has 3 aliphatic heterocycles. The lowest BCUT2D eigenvalue weighted by atomic mass is 9.94. The summed E-state index contributed by atoms with van der Waals surface area (Å²) in [7, 11) is 1.68. The van der Waals surface area contributed by atoms with Gasteiger partial charge < -0.3 is 24.8 Å². The van der Waals surface area contributed by atoms with E-state index in [0.29, 0.717) is 13.0 Å². The first kappa shape index (κ1) is 34.0. The monoisotopic (exact) mass is 710 g/mol. The number of nitrogens with two attached hydrogens (primary N) is 1. The number of hydrogen-bond acceptors (Lipinski definition) is 9. The fraction of sp³-hybridized carbons (Fsp3) is 0.429. The number of alkyl halides is 3. The number of fused-ring (bicyclic) bond motifs is 3. The quantitative estimate of drug-likeness (QED) is 0.119. The van der Waals surface area contributed by atoms with E-state index < -0.39 is 29.7 Å². The lowest BCUT2D eigenvalue weighted by molar-refractivity contribution is -0.137. The summed E-state index contributed by atoms with van der Waals surface area (Å²) in [5.41, 5.74) is 4.30. The highest BCUT2D eigenvalue weighted by Crippen LogP contribution is 2.50. The molecule has 2 aromatic carbocycles. The van der Waals surface area contributed by atoms with Crippen LogP contribution in [-0.4, -0.2) is 82.8 Å². The molecule has 5 heterocycles. The van der Waals surface area contributed by atoms with Gasteiger partial charge in [0.1, 0.15) is 18.5 Å². The van der Waals surface area contributed by atoms with Gasteiger partial charge in [0.15, 0.2) is 0 Å². The van der Waals surface area contributed by atoms with Crippen molar-refractivity contribution in [1.82, 2.24) is 19.8 Å². The third-order valence-electron chi connectivity index (χ3n) is 10.3. The molecule has 4 aromatic rings. The highest BCUT2D eigenvalue weighted by molar-refractivity contribution is 7.23. The van der Waals surface area contributed by atoms with E-state index in [-0.39, 0.29) is 78.9 Å². The van der Waals surface area contributed by atoms with Gasteiger partial charge in [-0.15, -0.1) is 11.3 Å². The number of nitrogens with zero attached hydrogens (tertiary/aromatic N) is 5. The number of ether oxygens (including phenoxy) is 3. The number of rotatable bonds is 8. The van der Waals surface area contributed by atoms with Crippen molar-refractivity contribution in [2.24, 2.45) is 0 Å². The molecule has 2 N–H and O–H groups in total. The van der Waals surface area contributed by atoms with Gasteiger partial charge in [0.25, 0.3) is 0 Å². The van der Waals surface area contributed by atoms with E-state index in [9.17, 15) is 22.4 Å². The van der Waals surface area contributed by atoms with Crippen LogP contribution in [0.25, 0.3) is 37.0 Å². The van der Waals surface area contributed by atoms with Gasteiger partial charge in [-0.3, -0.25) is 9.69 Å². The van der Waals surface area contributed by atoms with Crippen LogP contribution in [0.1, 0.15) is 38.2 Å². The van der Waals surface area contributed by atoms with Crippen molar-refractivity contribution >= 4 is 48.9 Å². The highest BCUT2D eigenvalue weighted by atomic mass is 32.1. The van der Waals surface area contributed by atoms with Gasteiger partial charge in [0, 0.05) is 32.0 Å². The van der Waals surface area contributed by atoms with E-state index in [0.717, 1.165) is 55.8 Å². The van der Waals surface area contributed by atoms with Gasteiger partial charge in [-0.05, 0) is 68.1 Å². The number of carbonyl (C=O) groups is 1. The van der Waals surface area contributed by atoms with Crippen molar-refractivity contribution < 1.29 is 36.6 Å². The third kappa shape index (κ3) is 5.69. The Balaban J connectivity index is 1.38. The number of anilines is 1. The van der Waals surface area contributed by atoms with E-state index in [1.54, 1.807) is 18.9 Å². The first-order chi connectivity index (χ1) is 23.9. The van der Waals surface area contributed by atoms with Crippen LogP contribution in [0.3, 0.4) is 0 Å². The van der Waals surface area contributed by atoms with E-state index >= 15 is 0 Å². The Labute approximate surface area is 289 Å². The number of thiophene rings is 1. The second kappa shape index (κ2) is 12.7. The number of amides is 1. The number of likely N-dealkylation sites (tertiary alicyclic amines) is 1. The van der Waals surface area contributed by atoms with E-state index in [2.05, 4.69) is 26.3 Å². The van der Waals surface area contributed by atoms with Gasteiger partial charge in [-0.2, -0.15) is 23.1 Å². The van der Waals surface area contributed by atoms with Gasteiger partial charge in [-0.1, -0.05) is 12.6 Å². The molecule has 3 saturated heterocycles. The van der Waals surface area contributed by atoms with E-state index in [1.807, 2.05) is 0 Å². The molecule has 0 aliphatic carbocycles. The zero-order chi connectivity index (χ0) is 35.5. The first-order valence-electron chi connectivity index (χ1n) is 16.2. The molecule has 4 atom stereocenters. The van der Waals surface area contributed by atoms with Crippen LogP contribution in [-0.2, 0) is 15.7 Å². The second-order valence-electron chi connectivity index (χ2n) is 13.0. The Hall–Kier alpha value is -4.52. The van der Waals surface area contributed by atoms with Crippen molar-refractivity contribution in [3.63, 3.8) is 0 Å². The zero-order valence-corrected chi connectivity index (χ0v) is 28.2. The fourth-order valence-corrected chi connectivity index (χ4v) is 8.65. The van der Waals surface area contributed by atoms with Crippen LogP contribution in [0, 0.1) is 12.4 Å². The van der Waals surface area contributed by atoms with Crippen molar-refractivity contribution in [3.8, 4) is 23.0 Å². The molecule has 262 valence electrons. The van der Waals surface area contributed by atoms with Gasteiger partial charge >= 0.3 is 12.2 Å². The van der Waals surface area contributed by atoms with Crippen LogP contribution in [0.2, 0.25) is 0 Å². The maximum absolute atomic E-state index is 14.9. The van der Waals surface area contributed by atoms with Crippen molar-refractivity contribution in [2.75, 3.05) is 39.1 Å². The molecule has 0 spiro atoms. The summed E-state index contributed by atoms with van der Waals surface area (Å²) >= 11 is 0.805. The minimum atomic E-state index is -4.88. The summed E-state index contributed by atoms with van der Waals surface area (Å²) in [6.45, 7) is 15.3. The fourth-order valence-electron chi connectivity index (χ4n) is 7.71. The summed E-state index contributed by atoms with van der Waals surface area (Å²) in [5.74, 6) is -1.11. The standard InChI is InChI=1S/C35H34F4N6O4S/c1-5-27(46)45-12-9-26(18(45)2)49-32-22-13-23(35(37,38)39)21(20-7-8-24(36)30-28(20)29(41-3)31(40)50-30)14-25(22)42-33(43-32)48-17-34-10-6-11-44(34)16-19(15-34)47-4/h5,7-8,13-14,18-19,26H,1,6,9-12,15-17,40H2,2,4H3/t18-,19-,26-,34+/m1/s1. The maximum Gasteiger partial charge on any atom is 0.417 e. The van der Waals surface area contributed by atoms with Crippen molar-refractivity contribution in [2.45, 2.75) is 62.6 Å². The van der Waals surface area contributed by atoms with Crippen LogP contribution >= 0.6 is 11.3 Å². The van der Waals surface area contributed by atoms with Gasteiger partial charge in [0.05, 0.1) is 50.4 Å². The van der Waals surface area contributed by atoms with Crippen LogP contribution in [0.4, 0.5) is 28.3 Å². The Kier molecular flexibility index (Phi) is 8.60. The van der Waals surface area contributed by atoms with Crippen LogP contribution in [0.5, 0.6) is 11.9 Å². The Bertz CT molecular complexity index is 2070. The summed E-state index contributed by atoms with van der Waals surface area (Å²) < 4.78 is 77.9. The number of halogens is 4. The number of nitrogen functional groups attached to an aromatic ring is 1. The van der Waals surface area contributed by atoms with Crippen molar-refractivity contribution in [3.05, 3.63) is 59.7 Å². The largest absolute Gasteiger partial charge is 0.471 e. The number of carbonyl (C=O) groups excluding carboxylic acids is 1. The first-order valence-corrected chi connectivity index (χ1v) is 17.0. The molecule has 0 saturated carbocycles. The summed E-state index contributed by atoms with van der Waals surface area (Å²) in [6.07, 6.45) is -1.19. The average Bonchev–Trinajstić information content (AvgIpc) is 3.84. The van der Waals surface area contributed by atoms with E-state index in [1.165, 1.54) is 18.2 Å². The molecular weight excluding hydrogens is 676 g/mol. The number of benzene rings is 2. The smallest absolute Gasteiger partial charge is 0.417 e. The lowest BCUT2D eigenvalue weighted by Crippen LogP contribution is -2.43. The molecule has 0 bridgehead atoms. The predicted octanol–water partition coefficient (Wildman–Crippen LogP) is 6.99.